The van der Waals surface area contributed by atoms with Crippen molar-refractivity contribution in [1.29, 1.82) is 0 Å². The molecule has 1 saturated heterocycles. The highest BCUT2D eigenvalue weighted by Crippen LogP contribution is 2.19. The zero-order chi connectivity index (χ0) is 18.8. The molecule has 0 spiro atoms. The van der Waals surface area contributed by atoms with E-state index in [4.69, 9.17) is 0 Å². The predicted octanol–water partition coefficient (Wildman–Crippen LogP) is 1.24. The molecule has 0 radical (unpaired) electrons. The van der Waals surface area contributed by atoms with Crippen molar-refractivity contribution in [2.45, 2.75) is 32.4 Å². The Kier molecular flexibility index (Phi) is 5.27. The average molecular weight is 357 g/mol. The van der Waals surface area contributed by atoms with E-state index in [9.17, 15) is 9.59 Å². The first kappa shape index (κ1) is 18.4. The number of imidazole rings is 1. The summed E-state index contributed by atoms with van der Waals surface area (Å²) in [5, 5.41) is 3.07. The van der Waals surface area contributed by atoms with Crippen LogP contribution in [0.2, 0.25) is 0 Å². The Bertz CT molecular complexity index is 811. The lowest BCUT2D eigenvalue weighted by Gasteiger charge is -2.26. The Labute approximate surface area is 154 Å². The molecule has 1 aliphatic rings. The second-order valence-corrected chi connectivity index (χ2v) is 6.93. The first-order valence-corrected chi connectivity index (χ1v) is 9.15. The number of amides is 2. The fraction of sp³-hybridized carbons (Fsp3) is 0.526. The number of fused-ring (bicyclic) bond motifs is 1. The first-order chi connectivity index (χ1) is 12.4. The number of aromatic nitrogens is 2. The first-order valence-electron chi connectivity index (χ1n) is 9.15. The number of likely N-dealkylation sites (N-methyl/N-ethyl adjacent to an activating group) is 2. The molecule has 0 saturated carbocycles. The Morgan fingerprint density at radius 3 is 2.69 bits per heavy atom. The zero-order valence-corrected chi connectivity index (χ0v) is 15.9. The number of hydrogen-bond acceptors (Lipinski definition) is 4. The zero-order valence-electron chi connectivity index (χ0n) is 15.9. The van der Waals surface area contributed by atoms with Gasteiger partial charge in [-0.25, -0.2) is 4.98 Å². The van der Waals surface area contributed by atoms with Crippen LogP contribution in [0.1, 0.15) is 30.6 Å². The molecule has 1 fully saturated rings. The van der Waals surface area contributed by atoms with Gasteiger partial charge >= 0.3 is 0 Å². The Morgan fingerprint density at radius 1 is 1.27 bits per heavy atom. The predicted molar refractivity (Wildman–Crippen MR) is 101 cm³/mol. The number of rotatable bonds is 5. The van der Waals surface area contributed by atoms with E-state index >= 15 is 0 Å². The van der Waals surface area contributed by atoms with Crippen molar-refractivity contribution in [3.05, 3.63) is 30.1 Å². The van der Waals surface area contributed by atoms with Crippen LogP contribution < -0.4 is 5.32 Å². The third-order valence-corrected chi connectivity index (χ3v) is 5.23. The number of benzene rings is 1. The van der Waals surface area contributed by atoms with Crippen molar-refractivity contribution in [3.63, 3.8) is 0 Å². The molecule has 0 aliphatic carbocycles. The molecule has 140 valence electrons. The van der Waals surface area contributed by atoms with Gasteiger partial charge in [-0.2, -0.15) is 0 Å². The van der Waals surface area contributed by atoms with Gasteiger partial charge < -0.3 is 14.8 Å². The minimum absolute atomic E-state index is 0.0311. The molecule has 7 nitrogen and oxygen atoms in total. The molecule has 2 atom stereocenters. The number of aryl methyl sites for hydroxylation is 1. The molecular weight excluding hydrogens is 330 g/mol. The molecular formula is C19H27N5O2. The van der Waals surface area contributed by atoms with Crippen LogP contribution >= 0.6 is 0 Å². The van der Waals surface area contributed by atoms with E-state index in [2.05, 4.69) is 10.3 Å². The lowest BCUT2D eigenvalue weighted by atomic mass is 10.1. The molecule has 2 heterocycles. The van der Waals surface area contributed by atoms with Crippen LogP contribution in [0.25, 0.3) is 11.0 Å². The fourth-order valence-corrected chi connectivity index (χ4v) is 3.68. The van der Waals surface area contributed by atoms with E-state index in [0.29, 0.717) is 31.6 Å². The van der Waals surface area contributed by atoms with Gasteiger partial charge in [0.1, 0.15) is 0 Å². The summed E-state index contributed by atoms with van der Waals surface area (Å²) in [6.45, 7) is 6.07. The Hall–Kier alpha value is -2.41. The van der Waals surface area contributed by atoms with E-state index < -0.39 is 0 Å². The van der Waals surface area contributed by atoms with Gasteiger partial charge in [0.05, 0.1) is 23.4 Å². The Morgan fingerprint density at radius 2 is 2.00 bits per heavy atom. The minimum Gasteiger partial charge on any atom is -0.348 e. The largest absolute Gasteiger partial charge is 0.348 e. The van der Waals surface area contributed by atoms with Crippen LogP contribution in [0.3, 0.4) is 0 Å². The van der Waals surface area contributed by atoms with Crippen LogP contribution in [0.4, 0.5) is 0 Å². The summed E-state index contributed by atoms with van der Waals surface area (Å²) in [6.07, 6.45) is 2.38. The van der Waals surface area contributed by atoms with E-state index in [1.54, 1.807) is 6.33 Å². The van der Waals surface area contributed by atoms with E-state index in [-0.39, 0.29) is 23.9 Å². The maximum atomic E-state index is 12.6. The van der Waals surface area contributed by atoms with Crippen LogP contribution in [0, 0.1) is 0 Å². The number of carbonyl (C=O) groups excluding carboxylic acids is 2. The van der Waals surface area contributed by atoms with Gasteiger partial charge in [0.15, 0.2) is 0 Å². The van der Waals surface area contributed by atoms with E-state index in [0.717, 1.165) is 11.0 Å². The van der Waals surface area contributed by atoms with Gasteiger partial charge in [-0.05, 0) is 45.5 Å². The summed E-state index contributed by atoms with van der Waals surface area (Å²) in [5.74, 6) is 0.0241. The lowest BCUT2D eigenvalue weighted by molar-refractivity contribution is -0.135. The highest BCUT2D eigenvalue weighted by atomic mass is 16.2. The summed E-state index contributed by atoms with van der Waals surface area (Å²) in [5.41, 5.74) is 2.39. The Balaban J connectivity index is 1.66. The van der Waals surface area contributed by atoms with Crippen molar-refractivity contribution in [1.82, 2.24) is 24.7 Å². The third-order valence-electron chi connectivity index (χ3n) is 5.23. The number of hydrogen-bond donors (Lipinski definition) is 1. The van der Waals surface area contributed by atoms with Gasteiger partial charge in [0.25, 0.3) is 5.91 Å². The molecule has 2 amide bonds. The molecule has 7 heteroatoms. The van der Waals surface area contributed by atoms with Crippen molar-refractivity contribution in [3.8, 4) is 0 Å². The number of carbonyl (C=O) groups is 2. The normalized spacial score (nSPS) is 20.5. The van der Waals surface area contributed by atoms with Gasteiger partial charge in [-0.1, -0.05) is 0 Å². The van der Waals surface area contributed by atoms with Crippen LogP contribution in [-0.4, -0.2) is 69.9 Å². The van der Waals surface area contributed by atoms with Crippen molar-refractivity contribution in [2.24, 2.45) is 7.05 Å². The molecule has 1 N–H and O–H groups in total. The molecule has 3 rings (SSSR count). The molecule has 2 aromatic rings. The summed E-state index contributed by atoms with van der Waals surface area (Å²) in [4.78, 5) is 33.4. The maximum Gasteiger partial charge on any atom is 0.251 e. The van der Waals surface area contributed by atoms with Gasteiger partial charge in [-0.3, -0.25) is 14.5 Å². The highest BCUT2D eigenvalue weighted by Gasteiger charge is 2.36. The smallest absolute Gasteiger partial charge is 0.251 e. The van der Waals surface area contributed by atoms with E-state index in [1.807, 2.05) is 60.5 Å². The van der Waals surface area contributed by atoms with Crippen LogP contribution in [-0.2, 0) is 11.8 Å². The summed E-state index contributed by atoms with van der Waals surface area (Å²) in [6, 6.07) is 5.33. The van der Waals surface area contributed by atoms with Crippen LogP contribution in [0.15, 0.2) is 24.5 Å². The van der Waals surface area contributed by atoms with Gasteiger partial charge in [0.2, 0.25) is 5.91 Å². The summed E-state index contributed by atoms with van der Waals surface area (Å²) in [7, 11) is 3.87. The van der Waals surface area contributed by atoms with Crippen molar-refractivity contribution in [2.75, 3.05) is 26.7 Å². The summed E-state index contributed by atoms with van der Waals surface area (Å²) >= 11 is 0. The average Bonchev–Trinajstić information content (AvgIpc) is 3.18. The van der Waals surface area contributed by atoms with Crippen molar-refractivity contribution < 1.29 is 9.59 Å². The molecule has 1 aliphatic heterocycles. The number of nitrogens with zero attached hydrogens (tertiary/aromatic N) is 4. The molecule has 1 aromatic carbocycles. The molecule has 1 aromatic heterocycles. The summed E-state index contributed by atoms with van der Waals surface area (Å²) < 4.78 is 1.92. The standard InChI is InChI=1S/C19H27N5O2/c1-5-24(6-2)19(26)17-10-14(11-22(17)3)21-18(25)13-7-8-16-15(9-13)20-12-23(16)4/h7-9,12,14,17H,5-6,10-11H2,1-4H3,(H,21,25). The van der Waals surface area contributed by atoms with Crippen LogP contribution in [0.5, 0.6) is 0 Å². The topological polar surface area (TPSA) is 70.5 Å². The second kappa shape index (κ2) is 7.45. The molecule has 2 unspecified atom stereocenters. The molecule has 0 bridgehead atoms. The van der Waals surface area contributed by atoms with Gasteiger partial charge in [0, 0.05) is 38.3 Å². The second-order valence-electron chi connectivity index (χ2n) is 6.93. The minimum atomic E-state index is -0.168. The lowest BCUT2D eigenvalue weighted by Crippen LogP contribution is -2.44. The monoisotopic (exact) mass is 357 g/mol. The highest BCUT2D eigenvalue weighted by molar-refractivity contribution is 5.97. The quantitative estimate of drug-likeness (QED) is 0.874. The number of nitrogens with one attached hydrogen (secondary N) is 1. The maximum absolute atomic E-state index is 12.6. The SMILES string of the molecule is CCN(CC)C(=O)C1CC(NC(=O)c2ccc3c(c2)ncn3C)CN1C. The van der Waals surface area contributed by atoms with Crippen molar-refractivity contribution >= 4 is 22.8 Å². The third kappa shape index (κ3) is 3.44. The fourth-order valence-electron chi connectivity index (χ4n) is 3.68. The van der Waals surface area contributed by atoms with E-state index in [1.165, 1.54) is 0 Å². The molecule has 26 heavy (non-hydrogen) atoms. The number of likely N-dealkylation sites (tertiary alicyclic amines) is 1. The van der Waals surface area contributed by atoms with Gasteiger partial charge in [-0.15, -0.1) is 0 Å².